The Labute approximate surface area is 93.8 Å². The average Bonchev–Trinajstić information content (AvgIpc) is 2.18. The molecule has 0 heterocycles. The highest BCUT2D eigenvalue weighted by atomic mass is 35.5. The number of hydrogen-bond donors (Lipinski definition) is 2. The third kappa shape index (κ3) is 4.39. The molecule has 0 aromatic heterocycles. The summed E-state index contributed by atoms with van der Waals surface area (Å²) in [6, 6.07) is 6.64. The van der Waals surface area contributed by atoms with Crippen molar-refractivity contribution >= 4 is 23.3 Å². The van der Waals surface area contributed by atoms with Gasteiger partial charge in [0.25, 0.3) is 0 Å². The minimum Gasteiger partial charge on any atom is -0.337 e. The SMILES string of the molecule is C#CCCNC(=O)Nc1cccc(Cl)c1. The summed E-state index contributed by atoms with van der Waals surface area (Å²) in [5.41, 5.74) is 0.653. The lowest BCUT2D eigenvalue weighted by Crippen LogP contribution is -2.29. The second-order valence-electron chi connectivity index (χ2n) is 2.85. The van der Waals surface area contributed by atoms with Crippen molar-refractivity contribution in [3.8, 4) is 12.3 Å². The van der Waals surface area contributed by atoms with Crippen LogP contribution in [0.15, 0.2) is 24.3 Å². The molecule has 0 unspecified atom stereocenters. The van der Waals surface area contributed by atoms with E-state index in [0.29, 0.717) is 23.7 Å². The van der Waals surface area contributed by atoms with Crippen LogP contribution in [0.5, 0.6) is 0 Å². The van der Waals surface area contributed by atoms with Gasteiger partial charge in [-0.25, -0.2) is 4.79 Å². The van der Waals surface area contributed by atoms with Crippen LogP contribution in [0.3, 0.4) is 0 Å². The molecular weight excluding hydrogens is 212 g/mol. The van der Waals surface area contributed by atoms with Crippen LogP contribution in [0.25, 0.3) is 0 Å². The molecule has 0 aliphatic carbocycles. The molecule has 0 aliphatic heterocycles. The minimum absolute atomic E-state index is 0.285. The number of amides is 2. The molecule has 2 N–H and O–H groups in total. The van der Waals surface area contributed by atoms with Gasteiger partial charge in [-0.1, -0.05) is 17.7 Å². The number of nitrogens with one attached hydrogen (secondary N) is 2. The molecular formula is C11H11ClN2O. The first-order valence-corrected chi connectivity index (χ1v) is 4.84. The molecule has 0 aliphatic rings. The first-order valence-electron chi connectivity index (χ1n) is 4.46. The second kappa shape index (κ2) is 5.94. The predicted molar refractivity (Wildman–Crippen MR) is 61.9 cm³/mol. The van der Waals surface area contributed by atoms with Gasteiger partial charge in [-0.3, -0.25) is 0 Å². The Bertz CT molecular complexity index is 384. The van der Waals surface area contributed by atoms with Crippen LogP contribution < -0.4 is 10.6 Å². The zero-order chi connectivity index (χ0) is 11.1. The van der Waals surface area contributed by atoms with Gasteiger partial charge in [-0.2, -0.15) is 0 Å². The third-order valence-electron chi connectivity index (χ3n) is 1.64. The molecule has 0 spiro atoms. The summed E-state index contributed by atoms with van der Waals surface area (Å²) in [5, 5.41) is 5.83. The van der Waals surface area contributed by atoms with Crippen molar-refractivity contribution in [2.45, 2.75) is 6.42 Å². The zero-order valence-corrected chi connectivity index (χ0v) is 8.84. The van der Waals surface area contributed by atoms with Crippen LogP contribution in [0.1, 0.15) is 6.42 Å². The average molecular weight is 223 g/mol. The number of hydrogen-bond acceptors (Lipinski definition) is 1. The van der Waals surface area contributed by atoms with E-state index in [-0.39, 0.29) is 6.03 Å². The second-order valence-corrected chi connectivity index (χ2v) is 3.28. The topological polar surface area (TPSA) is 41.1 Å². The van der Waals surface area contributed by atoms with Crippen molar-refractivity contribution in [3.05, 3.63) is 29.3 Å². The smallest absolute Gasteiger partial charge is 0.319 e. The number of halogens is 1. The quantitative estimate of drug-likeness (QED) is 0.599. The molecule has 0 fully saturated rings. The third-order valence-corrected chi connectivity index (χ3v) is 1.87. The van der Waals surface area contributed by atoms with Crippen LogP contribution in [0.4, 0.5) is 10.5 Å². The highest BCUT2D eigenvalue weighted by molar-refractivity contribution is 6.30. The van der Waals surface area contributed by atoms with E-state index < -0.39 is 0 Å². The molecule has 0 bridgehead atoms. The number of anilines is 1. The Hall–Kier alpha value is -1.66. The summed E-state index contributed by atoms with van der Waals surface area (Å²) >= 11 is 5.76. The van der Waals surface area contributed by atoms with Gasteiger partial charge in [0, 0.05) is 23.7 Å². The van der Waals surface area contributed by atoms with Crippen molar-refractivity contribution in [3.63, 3.8) is 0 Å². The lowest BCUT2D eigenvalue weighted by molar-refractivity contribution is 0.252. The van der Waals surface area contributed by atoms with Crippen LogP contribution in [-0.4, -0.2) is 12.6 Å². The fourth-order valence-corrected chi connectivity index (χ4v) is 1.18. The molecule has 1 rings (SSSR count). The van der Waals surface area contributed by atoms with Crippen molar-refractivity contribution in [1.82, 2.24) is 5.32 Å². The first-order chi connectivity index (χ1) is 7.22. The molecule has 0 saturated heterocycles. The van der Waals surface area contributed by atoms with Gasteiger partial charge in [0.1, 0.15) is 0 Å². The van der Waals surface area contributed by atoms with Gasteiger partial charge >= 0.3 is 6.03 Å². The van der Waals surface area contributed by atoms with E-state index in [9.17, 15) is 4.79 Å². The van der Waals surface area contributed by atoms with Gasteiger partial charge in [-0.05, 0) is 18.2 Å². The number of carbonyl (C=O) groups excluding carboxylic acids is 1. The van der Waals surface area contributed by atoms with E-state index in [2.05, 4.69) is 16.6 Å². The van der Waals surface area contributed by atoms with Crippen LogP contribution in [-0.2, 0) is 0 Å². The van der Waals surface area contributed by atoms with E-state index in [1.54, 1.807) is 24.3 Å². The Morgan fingerprint density at radius 1 is 1.53 bits per heavy atom. The van der Waals surface area contributed by atoms with Gasteiger partial charge in [0.05, 0.1) is 0 Å². The van der Waals surface area contributed by atoms with E-state index in [1.807, 2.05) is 0 Å². The largest absolute Gasteiger partial charge is 0.337 e. The normalized spacial score (nSPS) is 9.07. The Morgan fingerprint density at radius 3 is 3.00 bits per heavy atom. The highest BCUT2D eigenvalue weighted by Crippen LogP contribution is 2.14. The van der Waals surface area contributed by atoms with Crippen molar-refractivity contribution in [2.75, 3.05) is 11.9 Å². The highest BCUT2D eigenvalue weighted by Gasteiger charge is 2.00. The van der Waals surface area contributed by atoms with Crippen molar-refractivity contribution in [1.29, 1.82) is 0 Å². The molecule has 0 saturated carbocycles. The van der Waals surface area contributed by atoms with Crippen molar-refractivity contribution in [2.24, 2.45) is 0 Å². The lowest BCUT2D eigenvalue weighted by Gasteiger charge is -2.06. The van der Waals surface area contributed by atoms with Crippen LogP contribution >= 0.6 is 11.6 Å². The maximum Gasteiger partial charge on any atom is 0.319 e. The standard InChI is InChI=1S/C11H11ClN2O/c1-2-3-7-13-11(15)14-10-6-4-5-9(12)8-10/h1,4-6,8H,3,7H2,(H2,13,14,15). The summed E-state index contributed by atoms with van der Waals surface area (Å²) in [6.07, 6.45) is 5.56. The predicted octanol–water partition coefficient (Wildman–Crippen LogP) is 2.48. The van der Waals surface area contributed by atoms with Gasteiger partial charge in [0.2, 0.25) is 0 Å². The fourth-order valence-electron chi connectivity index (χ4n) is 0.990. The maximum atomic E-state index is 11.3. The van der Waals surface area contributed by atoms with Crippen LogP contribution in [0.2, 0.25) is 5.02 Å². The number of urea groups is 1. The van der Waals surface area contributed by atoms with Gasteiger partial charge in [-0.15, -0.1) is 12.3 Å². The lowest BCUT2D eigenvalue weighted by atomic mass is 10.3. The summed E-state index contributed by atoms with van der Waals surface area (Å²) in [5.74, 6) is 2.43. The molecule has 1 aromatic carbocycles. The molecule has 15 heavy (non-hydrogen) atoms. The Kier molecular flexibility index (Phi) is 4.52. The number of terminal acetylenes is 1. The first kappa shape index (κ1) is 11.4. The minimum atomic E-state index is -0.285. The molecule has 3 nitrogen and oxygen atoms in total. The number of carbonyl (C=O) groups is 1. The van der Waals surface area contributed by atoms with E-state index in [4.69, 9.17) is 18.0 Å². The summed E-state index contributed by atoms with van der Waals surface area (Å²) < 4.78 is 0. The fraction of sp³-hybridized carbons (Fsp3) is 0.182. The van der Waals surface area contributed by atoms with Gasteiger partial charge in [0.15, 0.2) is 0 Å². The Morgan fingerprint density at radius 2 is 2.33 bits per heavy atom. The number of rotatable bonds is 3. The summed E-state index contributed by atoms with van der Waals surface area (Å²) in [7, 11) is 0. The molecule has 0 atom stereocenters. The summed E-state index contributed by atoms with van der Waals surface area (Å²) in [6.45, 7) is 0.461. The van der Waals surface area contributed by atoms with Crippen molar-refractivity contribution < 1.29 is 4.79 Å². The molecule has 78 valence electrons. The molecule has 0 radical (unpaired) electrons. The van der Waals surface area contributed by atoms with E-state index in [0.717, 1.165) is 0 Å². The maximum absolute atomic E-state index is 11.3. The Balaban J connectivity index is 2.42. The van der Waals surface area contributed by atoms with E-state index in [1.165, 1.54) is 0 Å². The molecule has 4 heteroatoms. The monoisotopic (exact) mass is 222 g/mol. The molecule has 2 amide bonds. The van der Waals surface area contributed by atoms with Gasteiger partial charge < -0.3 is 10.6 Å². The summed E-state index contributed by atoms with van der Waals surface area (Å²) in [4.78, 5) is 11.3. The molecule has 1 aromatic rings. The zero-order valence-electron chi connectivity index (χ0n) is 8.09. The number of benzene rings is 1. The van der Waals surface area contributed by atoms with E-state index >= 15 is 0 Å². The van der Waals surface area contributed by atoms with Crippen LogP contribution in [0, 0.1) is 12.3 Å².